The van der Waals surface area contributed by atoms with Gasteiger partial charge in [-0.2, -0.15) is 0 Å². The molecule has 0 unspecified atom stereocenters. The first kappa shape index (κ1) is 15.3. The molecule has 0 spiro atoms. The molecule has 0 radical (unpaired) electrons. The number of carbonyl (C=O) groups excluding carboxylic acids is 2. The summed E-state index contributed by atoms with van der Waals surface area (Å²) in [5.41, 5.74) is 1.17. The van der Waals surface area contributed by atoms with Crippen LogP contribution in [-0.4, -0.2) is 16.1 Å². The highest BCUT2D eigenvalue weighted by Crippen LogP contribution is 2.21. The van der Waals surface area contributed by atoms with Crippen molar-refractivity contribution in [1.29, 1.82) is 0 Å². The van der Waals surface area contributed by atoms with E-state index >= 15 is 0 Å². The van der Waals surface area contributed by atoms with Crippen LogP contribution in [0.4, 0.5) is 11.4 Å². The van der Waals surface area contributed by atoms with Crippen LogP contribution in [0.3, 0.4) is 0 Å². The minimum absolute atomic E-state index is 0.169. The maximum atomic E-state index is 11.9. The topological polar surface area (TPSA) is 71.3 Å². The Labute approximate surface area is 130 Å². The molecule has 2 N–H and O–H groups in total. The summed E-state index contributed by atoms with van der Waals surface area (Å²) in [4.78, 5) is 23.8. The van der Waals surface area contributed by atoms with E-state index in [9.17, 15) is 9.59 Å². The van der Waals surface area contributed by atoms with Gasteiger partial charge in [-0.15, -0.1) is 0 Å². The summed E-state index contributed by atoms with van der Waals surface area (Å²) in [7, 11) is 0. The molecule has 2 aromatic rings. The molecule has 0 fully saturated rings. The van der Waals surface area contributed by atoms with Crippen LogP contribution in [0.25, 0.3) is 0 Å². The summed E-state index contributed by atoms with van der Waals surface area (Å²) in [5, 5.41) is 5.47. The normalized spacial score (nSPS) is 11.0. The second-order valence-corrected chi connectivity index (χ2v) is 6.92. The Morgan fingerprint density at radius 3 is 2.33 bits per heavy atom. The molecule has 1 aromatic heterocycles. The predicted octanol–water partition coefficient (Wildman–Crippen LogP) is 3.64. The highest BCUT2D eigenvalue weighted by atomic mass is 79.9. The largest absolute Gasteiger partial charge is 0.459 e. The van der Waals surface area contributed by atoms with Gasteiger partial charge in [0.05, 0.1) is 10.6 Å². The zero-order valence-electron chi connectivity index (χ0n) is 11.6. The molecule has 1 heterocycles. The third kappa shape index (κ3) is 4.19. The van der Waals surface area contributed by atoms with Crippen molar-refractivity contribution in [2.75, 3.05) is 10.6 Å². The average molecular weight is 351 g/mol. The van der Waals surface area contributed by atoms with Gasteiger partial charge < -0.3 is 15.1 Å². The summed E-state index contributed by atoms with van der Waals surface area (Å²) < 4.78 is 4.35. The number of amides is 2. The maximum Gasteiger partial charge on any atom is 0.291 e. The Hall–Kier alpha value is -2.08. The summed E-state index contributed by atoms with van der Waals surface area (Å²) in [6.07, 6.45) is 1.43. The van der Waals surface area contributed by atoms with E-state index in [-0.39, 0.29) is 17.6 Å². The van der Waals surface area contributed by atoms with Gasteiger partial charge >= 0.3 is 0 Å². The Balaban J connectivity index is 2.08. The van der Waals surface area contributed by atoms with Crippen LogP contribution in [0.1, 0.15) is 24.4 Å². The smallest absolute Gasteiger partial charge is 0.291 e. The number of rotatable bonds is 4. The molecule has 6 heteroatoms. The van der Waals surface area contributed by atoms with Crippen LogP contribution in [0.5, 0.6) is 0 Å². The lowest BCUT2D eigenvalue weighted by Gasteiger charge is -2.16. The van der Waals surface area contributed by atoms with Gasteiger partial charge in [-0.1, -0.05) is 22.0 Å². The molecule has 5 nitrogen and oxygen atoms in total. The molecule has 0 aliphatic carbocycles. The number of anilines is 2. The van der Waals surface area contributed by atoms with E-state index < -0.39 is 4.32 Å². The van der Waals surface area contributed by atoms with Crippen LogP contribution in [0, 0.1) is 0 Å². The average Bonchev–Trinajstić information content (AvgIpc) is 2.91. The van der Waals surface area contributed by atoms with Crippen LogP contribution in [0.15, 0.2) is 47.1 Å². The van der Waals surface area contributed by atoms with Crippen molar-refractivity contribution in [2.45, 2.75) is 18.2 Å². The zero-order chi connectivity index (χ0) is 15.5. The Morgan fingerprint density at radius 1 is 1.10 bits per heavy atom. The summed E-state index contributed by atoms with van der Waals surface area (Å²) >= 11 is 3.29. The molecule has 0 atom stereocenters. The standard InChI is InChI=1S/C15H15BrN2O3/c1-15(2,16)14(20)18-11-6-3-5-10(9-11)17-13(19)12-7-4-8-21-12/h3-9H,1-2H3,(H,17,19)(H,18,20). The minimum Gasteiger partial charge on any atom is -0.459 e. The van der Waals surface area contributed by atoms with Crippen molar-refractivity contribution < 1.29 is 14.0 Å². The lowest BCUT2D eigenvalue weighted by molar-refractivity contribution is -0.117. The summed E-state index contributed by atoms with van der Waals surface area (Å²) in [6.45, 7) is 3.51. The van der Waals surface area contributed by atoms with E-state index in [1.165, 1.54) is 6.26 Å². The molecule has 0 aliphatic heterocycles. The van der Waals surface area contributed by atoms with Gasteiger partial charge in [0.25, 0.3) is 5.91 Å². The minimum atomic E-state index is -0.666. The summed E-state index contributed by atoms with van der Waals surface area (Å²) in [6, 6.07) is 10.1. The third-order valence-electron chi connectivity index (χ3n) is 2.66. The van der Waals surface area contributed by atoms with Gasteiger partial charge in [-0.25, -0.2) is 0 Å². The molecule has 1 aromatic carbocycles. The van der Waals surface area contributed by atoms with Gasteiger partial charge in [0.2, 0.25) is 5.91 Å². The number of nitrogens with one attached hydrogen (secondary N) is 2. The molecule has 2 amide bonds. The van der Waals surface area contributed by atoms with E-state index in [4.69, 9.17) is 4.42 Å². The number of halogens is 1. The highest BCUT2D eigenvalue weighted by Gasteiger charge is 2.23. The van der Waals surface area contributed by atoms with E-state index in [0.717, 1.165) is 0 Å². The van der Waals surface area contributed by atoms with E-state index in [0.29, 0.717) is 11.4 Å². The van der Waals surface area contributed by atoms with Gasteiger partial charge in [0.15, 0.2) is 5.76 Å². The molecular weight excluding hydrogens is 336 g/mol. The Bertz CT molecular complexity index is 645. The fourth-order valence-corrected chi connectivity index (χ4v) is 1.65. The number of carbonyl (C=O) groups is 2. The first-order chi connectivity index (χ1) is 9.86. The van der Waals surface area contributed by atoms with Crippen molar-refractivity contribution in [3.8, 4) is 0 Å². The fourth-order valence-electron chi connectivity index (χ4n) is 1.55. The molecule has 21 heavy (non-hydrogen) atoms. The first-order valence-electron chi connectivity index (χ1n) is 6.31. The number of furan rings is 1. The lowest BCUT2D eigenvalue weighted by atomic mass is 10.2. The van der Waals surface area contributed by atoms with E-state index in [1.807, 2.05) is 0 Å². The fraction of sp³-hybridized carbons (Fsp3) is 0.200. The summed E-state index contributed by atoms with van der Waals surface area (Å²) in [5.74, 6) is -0.285. The zero-order valence-corrected chi connectivity index (χ0v) is 13.2. The van der Waals surface area contributed by atoms with Gasteiger partial charge in [-0.3, -0.25) is 9.59 Å². The van der Waals surface area contributed by atoms with Crippen LogP contribution in [0.2, 0.25) is 0 Å². The van der Waals surface area contributed by atoms with Crippen molar-refractivity contribution in [1.82, 2.24) is 0 Å². The van der Waals surface area contributed by atoms with E-state index in [2.05, 4.69) is 26.6 Å². The van der Waals surface area contributed by atoms with Crippen molar-refractivity contribution in [2.24, 2.45) is 0 Å². The second-order valence-electron chi connectivity index (χ2n) is 4.94. The SMILES string of the molecule is CC(C)(Br)C(=O)Nc1cccc(NC(=O)c2ccco2)c1. The van der Waals surface area contributed by atoms with Crippen molar-refractivity contribution in [3.05, 3.63) is 48.4 Å². The molecule has 2 rings (SSSR count). The van der Waals surface area contributed by atoms with Crippen LogP contribution >= 0.6 is 15.9 Å². The Kier molecular flexibility index (Phi) is 4.47. The van der Waals surface area contributed by atoms with Gasteiger partial charge in [0.1, 0.15) is 0 Å². The molecule has 0 bridgehead atoms. The number of benzene rings is 1. The second kappa shape index (κ2) is 6.13. The van der Waals surface area contributed by atoms with E-state index in [1.54, 1.807) is 50.2 Å². The maximum absolute atomic E-state index is 11.9. The first-order valence-corrected chi connectivity index (χ1v) is 7.11. The van der Waals surface area contributed by atoms with Gasteiger partial charge in [-0.05, 0) is 44.2 Å². The number of hydrogen-bond acceptors (Lipinski definition) is 3. The molecule has 0 saturated carbocycles. The van der Waals surface area contributed by atoms with Crippen LogP contribution < -0.4 is 10.6 Å². The van der Waals surface area contributed by atoms with Crippen LogP contribution in [-0.2, 0) is 4.79 Å². The number of alkyl halides is 1. The highest BCUT2D eigenvalue weighted by molar-refractivity contribution is 9.10. The quantitative estimate of drug-likeness (QED) is 0.826. The molecule has 110 valence electrons. The van der Waals surface area contributed by atoms with Crippen molar-refractivity contribution >= 4 is 39.1 Å². The number of hydrogen-bond donors (Lipinski definition) is 2. The predicted molar refractivity (Wildman–Crippen MR) is 84.7 cm³/mol. The third-order valence-corrected chi connectivity index (χ3v) is 3.02. The molecular formula is C15H15BrN2O3. The molecule has 0 aliphatic rings. The molecule has 0 saturated heterocycles. The lowest BCUT2D eigenvalue weighted by Crippen LogP contribution is -2.30. The monoisotopic (exact) mass is 350 g/mol. The Morgan fingerprint density at radius 2 is 1.76 bits per heavy atom. The van der Waals surface area contributed by atoms with Gasteiger partial charge in [0, 0.05) is 11.4 Å². The van der Waals surface area contributed by atoms with Crippen molar-refractivity contribution in [3.63, 3.8) is 0 Å².